The van der Waals surface area contributed by atoms with Crippen LogP contribution in [0.4, 0.5) is 0 Å². The number of aliphatic hydroxyl groups excluding tert-OH is 2. The fourth-order valence-corrected chi connectivity index (χ4v) is 2.47. The molecule has 1 heterocycles. The van der Waals surface area contributed by atoms with Crippen LogP contribution in [0, 0.1) is 0 Å². The van der Waals surface area contributed by atoms with Gasteiger partial charge < -0.3 is 20.8 Å². The van der Waals surface area contributed by atoms with Crippen LogP contribution in [0.2, 0.25) is 0 Å². The third-order valence-electron chi connectivity index (χ3n) is 3.52. The average Bonchev–Trinajstić information content (AvgIpc) is 2.74. The molecule has 4 N–H and O–H groups in total. The highest BCUT2D eigenvalue weighted by Crippen LogP contribution is 2.19. The van der Waals surface area contributed by atoms with E-state index in [2.05, 4.69) is 0 Å². The van der Waals surface area contributed by atoms with Crippen molar-refractivity contribution in [2.24, 2.45) is 5.73 Å². The highest BCUT2D eigenvalue weighted by Gasteiger charge is 2.33. The largest absolute Gasteiger partial charge is 0.394 e. The van der Waals surface area contributed by atoms with Crippen molar-refractivity contribution in [2.45, 2.75) is 57.1 Å². The summed E-state index contributed by atoms with van der Waals surface area (Å²) in [5.41, 5.74) is 5.41. The summed E-state index contributed by atoms with van der Waals surface area (Å²) in [7, 11) is 0. The van der Waals surface area contributed by atoms with Crippen molar-refractivity contribution in [3.63, 3.8) is 0 Å². The molecular weight excluding hydrogens is 232 g/mol. The molecule has 1 amide bonds. The molecule has 0 aromatic rings. The van der Waals surface area contributed by atoms with Crippen LogP contribution in [-0.4, -0.2) is 52.9 Å². The van der Waals surface area contributed by atoms with Gasteiger partial charge in [0.05, 0.1) is 18.8 Å². The molecule has 1 aliphatic heterocycles. The molecule has 5 heteroatoms. The third-order valence-corrected chi connectivity index (χ3v) is 3.52. The van der Waals surface area contributed by atoms with Gasteiger partial charge in [-0.05, 0) is 25.8 Å². The van der Waals surface area contributed by atoms with Gasteiger partial charge in [0.2, 0.25) is 5.91 Å². The first-order chi connectivity index (χ1) is 8.69. The summed E-state index contributed by atoms with van der Waals surface area (Å²) in [6.45, 7) is 1.05. The molecule has 0 spiro atoms. The second-order valence-corrected chi connectivity index (χ2v) is 5.08. The number of hydrogen-bond donors (Lipinski definition) is 3. The Hall–Kier alpha value is -0.650. The van der Waals surface area contributed by atoms with Crippen molar-refractivity contribution in [3.05, 3.63) is 0 Å². The fourth-order valence-electron chi connectivity index (χ4n) is 2.47. The predicted octanol–water partition coefficient (Wildman–Crippen LogP) is 0.240. The number of nitrogens with zero attached hydrogens (tertiary/aromatic N) is 1. The molecule has 1 saturated heterocycles. The molecule has 1 aliphatic rings. The SMILES string of the molecule is NCCCCCCCC(=O)N1C[C@H](O)C[C@H]1CO. The van der Waals surface area contributed by atoms with Gasteiger partial charge in [-0.3, -0.25) is 4.79 Å². The molecule has 5 nitrogen and oxygen atoms in total. The Balaban J connectivity index is 2.16. The number of unbranched alkanes of at least 4 members (excludes halogenated alkanes) is 4. The molecule has 1 fully saturated rings. The molecule has 0 aromatic carbocycles. The Bertz CT molecular complexity index is 248. The summed E-state index contributed by atoms with van der Waals surface area (Å²) in [6, 6.07) is -0.190. The lowest BCUT2D eigenvalue weighted by Crippen LogP contribution is -2.37. The van der Waals surface area contributed by atoms with E-state index in [1.165, 1.54) is 0 Å². The van der Waals surface area contributed by atoms with Crippen LogP contribution in [0.1, 0.15) is 44.9 Å². The molecule has 2 atom stereocenters. The normalized spacial score (nSPS) is 23.6. The van der Waals surface area contributed by atoms with Crippen molar-refractivity contribution in [1.29, 1.82) is 0 Å². The molecule has 0 bridgehead atoms. The van der Waals surface area contributed by atoms with Crippen molar-refractivity contribution in [1.82, 2.24) is 4.90 Å². The second kappa shape index (κ2) is 8.45. The zero-order valence-corrected chi connectivity index (χ0v) is 11.1. The summed E-state index contributed by atoms with van der Waals surface area (Å²) in [5.74, 6) is 0.0597. The van der Waals surface area contributed by atoms with E-state index in [-0.39, 0.29) is 18.6 Å². The topological polar surface area (TPSA) is 86.8 Å². The maximum absolute atomic E-state index is 11.9. The smallest absolute Gasteiger partial charge is 0.222 e. The first-order valence-corrected chi connectivity index (χ1v) is 6.97. The number of rotatable bonds is 8. The van der Waals surface area contributed by atoms with Gasteiger partial charge in [0, 0.05) is 13.0 Å². The lowest BCUT2D eigenvalue weighted by molar-refractivity contribution is -0.133. The maximum Gasteiger partial charge on any atom is 0.222 e. The van der Waals surface area contributed by atoms with Gasteiger partial charge in [-0.1, -0.05) is 19.3 Å². The van der Waals surface area contributed by atoms with Crippen molar-refractivity contribution in [3.8, 4) is 0 Å². The van der Waals surface area contributed by atoms with Gasteiger partial charge in [0.25, 0.3) is 0 Å². The molecule has 1 rings (SSSR count). The van der Waals surface area contributed by atoms with Crippen LogP contribution < -0.4 is 5.73 Å². The summed E-state index contributed by atoms with van der Waals surface area (Å²) in [4.78, 5) is 13.6. The van der Waals surface area contributed by atoms with E-state index in [1.807, 2.05) is 0 Å². The summed E-state index contributed by atoms with van der Waals surface area (Å²) < 4.78 is 0. The first-order valence-electron chi connectivity index (χ1n) is 6.97. The number of amides is 1. The molecule has 106 valence electrons. The van der Waals surface area contributed by atoms with E-state index in [0.29, 0.717) is 19.4 Å². The average molecular weight is 258 g/mol. The van der Waals surface area contributed by atoms with Crippen molar-refractivity contribution in [2.75, 3.05) is 19.7 Å². The molecule has 18 heavy (non-hydrogen) atoms. The summed E-state index contributed by atoms with van der Waals surface area (Å²) in [6.07, 6.45) is 5.78. The van der Waals surface area contributed by atoms with Crippen LogP contribution >= 0.6 is 0 Å². The van der Waals surface area contributed by atoms with Gasteiger partial charge in [-0.25, -0.2) is 0 Å². The fraction of sp³-hybridized carbons (Fsp3) is 0.923. The Morgan fingerprint density at radius 2 is 1.89 bits per heavy atom. The highest BCUT2D eigenvalue weighted by molar-refractivity contribution is 5.76. The van der Waals surface area contributed by atoms with E-state index in [4.69, 9.17) is 10.8 Å². The molecule has 0 radical (unpaired) electrons. The van der Waals surface area contributed by atoms with Crippen LogP contribution in [0.5, 0.6) is 0 Å². The minimum Gasteiger partial charge on any atom is -0.394 e. The summed E-state index contributed by atoms with van der Waals surface area (Å²) >= 11 is 0. The third kappa shape index (κ3) is 4.92. The van der Waals surface area contributed by atoms with Gasteiger partial charge in [-0.2, -0.15) is 0 Å². The minimum absolute atomic E-state index is 0.0562. The quantitative estimate of drug-likeness (QED) is 0.544. The Labute approximate surface area is 109 Å². The van der Waals surface area contributed by atoms with E-state index in [9.17, 15) is 9.90 Å². The Kier molecular flexibility index (Phi) is 7.23. The highest BCUT2D eigenvalue weighted by atomic mass is 16.3. The molecular formula is C13H26N2O3. The summed E-state index contributed by atoms with van der Waals surface area (Å²) in [5, 5.41) is 18.7. The van der Waals surface area contributed by atoms with Crippen LogP contribution in [0.25, 0.3) is 0 Å². The standard InChI is InChI=1S/C13H26N2O3/c14-7-5-3-1-2-4-6-13(18)15-9-12(17)8-11(15)10-16/h11-12,16-17H,1-10,14H2/t11-,12+/m0/s1. The Morgan fingerprint density at radius 3 is 2.56 bits per heavy atom. The molecule has 0 saturated carbocycles. The monoisotopic (exact) mass is 258 g/mol. The van der Waals surface area contributed by atoms with Crippen LogP contribution in [0.3, 0.4) is 0 Å². The van der Waals surface area contributed by atoms with Gasteiger partial charge >= 0.3 is 0 Å². The number of carbonyl (C=O) groups is 1. The number of likely N-dealkylation sites (tertiary alicyclic amines) is 1. The van der Waals surface area contributed by atoms with E-state index in [1.54, 1.807) is 4.90 Å². The zero-order valence-electron chi connectivity index (χ0n) is 11.1. The molecule has 0 unspecified atom stereocenters. The number of carbonyl (C=O) groups excluding carboxylic acids is 1. The lowest BCUT2D eigenvalue weighted by Gasteiger charge is -2.22. The number of β-amino-alcohol motifs (C(OH)–C–C–N with tert-alkyl or cyclic N) is 1. The van der Waals surface area contributed by atoms with Gasteiger partial charge in [0.15, 0.2) is 0 Å². The van der Waals surface area contributed by atoms with Gasteiger partial charge in [-0.15, -0.1) is 0 Å². The predicted molar refractivity (Wildman–Crippen MR) is 70.0 cm³/mol. The number of nitrogens with two attached hydrogens (primary N) is 1. The van der Waals surface area contributed by atoms with E-state index >= 15 is 0 Å². The zero-order chi connectivity index (χ0) is 13.4. The van der Waals surface area contributed by atoms with Crippen LogP contribution in [0.15, 0.2) is 0 Å². The van der Waals surface area contributed by atoms with E-state index in [0.717, 1.165) is 38.6 Å². The number of hydrogen-bond acceptors (Lipinski definition) is 4. The lowest BCUT2D eigenvalue weighted by atomic mass is 10.1. The van der Waals surface area contributed by atoms with E-state index < -0.39 is 6.10 Å². The molecule has 0 aromatic heterocycles. The second-order valence-electron chi connectivity index (χ2n) is 5.08. The van der Waals surface area contributed by atoms with Crippen molar-refractivity contribution >= 4 is 5.91 Å². The van der Waals surface area contributed by atoms with Gasteiger partial charge in [0.1, 0.15) is 0 Å². The van der Waals surface area contributed by atoms with Crippen LogP contribution in [-0.2, 0) is 4.79 Å². The maximum atomic E-state index is 11.9. The minimum atomic E-state index is -0.476. The number of aliphatic hydroxyl groups is 2. The molecule has 0 aliphatic carbocycles. The van der Waals surface area contributed by atoms with Crippen molar-refractivity contribution < 1.29 is 15.0 Å². The first kappa shape index (κ1) is 15.4. The Morgan fingerprint density at radius 1 is 1.22 bits per heavy atom.